The second kappa shape index (κ2) is 1.58. The zero-order valence-corrected chi connectivity index (χ0v) is 5.18. The first kappa shape index (κ1) is 6.30. The topological polar surface area (TPSA) is 0 Å². The zero-order valence-electron chi connectivity index (χ0n) is 3.67. The van der Waals surface area contributed by atoms with E-state index < -0.39 is 11.3 Å². The molecule has 0 heterocycles. The van der Waals surface area contributed by atoms with E-state index in [-0.39, 0.29) is 5.03 Å². The highest BCUT2D eigenvalue weighted by Crippen LogP contribution is 2.41. The smallest absolute Gasteiger partial charge is 0.200 e. The molecule has 0 spiro atoms. The van der Waals surface area contributed by atoms with Crippen LogP contribution in [0.15, 0.2) is 11.1 Å². The Morgan fingerprint density at radius 3 is 2.12 bits per heavy atom. The maximum absolute atomic E-state index is 11.9. The Labute approximate surface area is 55.1 Å². The van der Waals surface area contributed by atoms with E-state index >= 15 is 0 Å². The van der Waals surface area contributed by atoms with E-state index in [2.05, 4.69) is 0 Å². The van der Waals surface area contributed by atoms with Gasteiger partial charge in [-0.3, -0.25) is 0 Å². The average molecular weight is 159 g/mol. The maximum Gasteiger partial charge on any atom is 0.288 e. The highest BCUT2D eigenvalue weighted by atomic mass is 35.5. The van der Waals surface area contributed by atoms with Gasteiger partial charge in [0.2, 0.25) is 0 Å². The summed E-state index contributed by atoms with van der Waals surface area (Å²) in [4.78, 5) is 0. The Morgan fingerprint density at radius 2 is 2.12 bits per heavy atom. The van der Waals surface area contributed by atoms with Crippen LogP contribution in [0.3, 0.4) is 0 Å². The maximum atomic E-state index is 11.9. The summed E-state index contributed by atoms with van der Waals surface area (Å²) in [5.74, 6) is -2.88. The average Bonchev–Trinajstić information content (AvgIpc) is 1.65. The van der Waals surface area contributed by atoms with E-state index in [0.717, 1.165) is 0 Å². The van der Waals surface area contributed by atoms with Gasteiger partial charge < -0.3 is 0 Å². The SMILES string of the molecule is FC1(F)C=C(Cl)C1Cl. The molecular formula is C4H2Cl2F2. The van der Waals surface area contributed by atoms with Crippen molar-refractivity contribution < 1.29 is 8.78 Å². The molecule has 0 amide bonds. The van der Waals surface area contributed by atoms with Gasteiger partial charge in [0.15, 0.2) is 0 Å². The quantitative estimate of drug-likeness (QED) is 0.476. The van der Waals surface area contributed by atoms with Gasteiger partial charge in [-0.2, -0.15) is 8.78 Å². The van der Waals surface area contributed by atoms with Gasteiger partial charge in [0, 0.05) is 11.1 Å². The molecule has 0 aromatic rings. The van der Waals surface area contributed by atoms with Crippen LogP contribution in [-0.2, 0) is 0 Å². The highest BCUT2D eigenvalue weighted by Gasteiger charge is 2.46. The Kier molecular flexibility index (Phi) is 1.24. The summed E-state index contributed by atoms with van der Waals surface area (Å²) < 4.78 is 23.8. The van der Waals surface area contributed by atoms with Crippen LogP contribution in [0, 0.1) is 0 Å². The molecule has 46 valence electrons. The molecule has 4 heteroatoms. The van der Waals surface area contributed by atoms with E-state index in [1.807, 2.05) is 0 Å². The molecule has 8 heavy (non-hydrogen) atoms. The second-order valence-corrected chi connectivity index (χ2v) is 2.44. The van der Waals surface area contributed by atoms with Crippen LogP contribution in [-0.4, -0.2) is 11.3 Å². The van der Waals surface area contributed by atoms with E-state index in [1.54, 1.807) is 0 Å². The third-order valence-corrected chi connectivity index (χ3v) is 1.88. The predicted octanol–water partition coefficient (Wildman–Crippen LogP) is 2.37. The Morgan fingerprint density at radius 1 is 1.62 bits per heavy atom. The molecule has 0 saturated carbocycles. The molecule has 0 nitrogen and oxygen atoms in total. The summed E-state index contributed by atoms with van der Waals surface area (Å²) in [6.45, 7) is 0. The monoisotopic (exact) mass is 158 g/mol. The first-order chi connectivity index (χ1) is 3.54. The standard InChI is InChI=1S/C4H2Cl2F2/c5-2-1-4(7,8)3(2)6/h1,3H. The molecule has 0 N–H and O–H groups in total. The summed E-state index contributed by atoms with van der Waals surface area (Å²) in [6, 6.07) is 0. The molecule has 0 aliphatic heterocycles. The van der Waals surface area contributed by atoms with Gasteiger partial charge in [0.25, 0.3) is 5.92 Å². The molecule has 0 bridgehead atoms. The van der Waals surface area contributed by atoms with Gasteiger partial charge in [-0.25, -0.2) is 0 Å². The van der Waals surface area contributed by atoms with Crippen LogP contribution in [0.5, 0.6) is 0 Å². The molecule has 1 aliphatic carbocycles. The lowest BCUT2D eigenvalue weighted by Gasteiger charge is -2.26. The predicted molar refractivity (Wildman–Crippen MR) is 28.5 cm³/mol. The number of alkyl halides is 3. The van der Waals surface area contributed by atoms with E-state index in [4.69, 9.17) is 23.2 Å². The van der Waals surface area contributed by atoms with Crippen molar-refractivity contribution in [2.75, 3.05) is 0 Å². The summed E-state index contributed by atoms with van der Waals surface area (Å²) in [5, 5.41) is -1.25. The van der Waals surface area contributed by atoms with Crippen LogP contribution >= 0.6 is 23.2 Å². The van der Waals surface area contributed by atoms with Crippen molar-refractivity contribution in [3.05, 3.63) is 11.1 Å². The number of halogens is 4. The van der Waals surface area contributed by atoms with Crippen LogP contribution in [0.4, 0.5) is 8.78 Å². The number of hydrogen-bond donors (Lipinski definition) is 0. The first-order valence-corrected chi connectivity index (χ1v) is 2.75. The molecule has 0 fully saturated rings. The number of allylic oxidation sites excluding steroid dienone is 2. The van der Waals surface area contributed by atoms with Gasteiger partial charge in [0.1, 0.15) is 5.38 Å². The minimum absolute atomic E-state index is 0.0386. The van der Waals surface area contributed by atoms with Crippen LogP contribution < -0.4 is 0 Å². The first-order valence-electron chi connectivity index (χ1n) is 1.94. The Bertz CT molecular complexity index is 141. The fraction of sp³-hybridized carbons (Fsp3) is 0.500. The van der Waals surface area contributed by atoms with Crippen molar-refractivity contribution in [3.63, 3.8) is 0 Å². The lowest BCUT2D eigenvalue weighted by Crippen LogP contribution is -2.35. The van der Waals surface area contributed by atoms with Crippen LogP contribution in [0.25, 0.3) is 0 Å². The van der Waals surface area contributed by atoms with Crippen molar-refractivity contribution in [1.29, 1.82) is 0 Å². The highest BCUT2D eigenvalue weighted by molar-refractivity contribution is 6.39. The van der Waals surface area contributed by atoms with Crippen molar-refractivity contribution in [2.24, 2.45) is 0 Å². The lowest BCUT2D eigenvalue weighted by molar-refractivity contribution is 0.0424. The van der Waals surface area contributed by atoms with Gasteiger partial charge in [0.05, 0.1) is 0 Å². The van der Waals surface area contributed by atoms with Crippen molar-refractivity contribution >= 4 is 23.2 Å². The summed E-state index contributed by atoms with van der Waals surface area (Å²) >= 11 is 10.2. The van der Waals surface area contributed by atoms with E-state index in [1.165, 1.54) is 0 Å². The summed E-state index contributed by atoms with van der Waals surface area (Å²) in [5.41, 5.74) is 0. The van der Waals surface area contributed by atoms with Gasteiger partial charge in [-0.1, -0.05) is 11.6 Å². The fourth-order valence-corrected chi connectivity index (χ4v) is 0.835. The van der Waals surface area contributed by atoms with Gasteiger partial charge >= 0.3 is 0 Å². The minimum atomic E-state index is -2.88. The minimum Gasteiger partial charge on any atom is -0.200 e. The summed E-state index contributed by atoms with van der Waals surface area (Å²) in [6.07, 6.45) is 0.645. The fourth-order valence-electron chi connectivity index (χ4n) is 0.418. The zero-order chi connectivity index (χ0) is 6.36. The molecule has 0 saturated heterocycles. The third kappa shape index (κ3) is 0.720. The number of rotatable bonds is 0. The Balaban J connectivity index is 2.74. The molecule has 1 atom stereocenters. The molecule has 0 aromatic heterocycles. The molecule has 1 unspecified atom stereocenters. The van der Waals surface area contributed by atoms with Crippen molar-refractivity contribution in [3.8, 4) is 0 Å². The van der Waals surface area contributed by atoms with Crippen molar-refractivity contribution in [1.82, 2.24) is 0 Å². The largest absolute Gasteiger partial charge is 0.288 e. The number of hydrogen-bond acceptors (Lipinski definition) is 0. The molecule has 0 radical (unpaired) electrons. The molecule has 1 aliphatic rings. The van der Waals surface area contributed by atoms with Crippen LogP contribution in [0.2, 0.25) is 0 Å². The van der Waals surface area contributed by atoms with E-state index in [9.17, 15) is 8.78 Å². The normalized spacial score (nSPS) is 33.5. The second-order valence-electron chi connectivity index (χ2n) is 1.57. The van der Waals surface area contributed by atoms with Gasteiger partial charge in [-0.15, -0.1) is 11.6 Å². The van der Waals surface area contributed by atoms with E-state index in [0.29, 0.717) is 6.08 Å². The summed E-state index contributed by atoms with van der Waals surface area (Å²) in [7, 11) is 0. The third-order valence-electron chi connectivity index (χ3n) is 0.910. The molecule has 0 aromatic carbocycles. The van der Waals surface area contributed by atoms with Crippen molar-refractivity contribution in [2.45, 2.75) is 11.3 Å². The Hall–Kier alpha value is 0.180. The lowest BCUT2D eigenvalue weighted by atomic mass is 10.1. The van der Waals surface area contributed by atoms with Gasteiger partial charge in [-0.05, 0) is 0 Å². The molecular weight excluding hydrogens is 157 g/mol. The molecule has 1 rings (SSSR count). The van der Waals surface area contributed by atoms with Crippen LogP contribution in [0.1, 0.15) is 0 Å².